The van der Waals surface area contributed by atoms with Gasteiger partial charge in [-0.05, 0) is 36.4 Å². The fourth-order valence-corrected chi connectivity index (χ4v) is 2.93. The summed E-state index contributed by atoms with van der Waals surface area (Å²) in [7, 11) is -1.29. The van der Waals surface area contributed by atoms with Crippen LogP contribution in [0.4, 0.5) is 5.69 Å². The van der Waals surface area contributed by atoms with Crippen LogP contribution >= 0.6 is 0 Å². The second-order valence-corrected chi connectivity index (χ2v) is 6.16. The highest BCUT2D eigenvalue weighted by Gasteiger charge is 2.20. The molecular weight excluding hydrogens is 322 g/mol. The summed E-state index contributed by atoms with van der Waals surface area (Å²) in [5.41, 5.74) is -0.258. The molecule has 0 aliphatic rings. The molecule has 0 fully saturated rings. The standard InChI is InChI=1S/C15H15NO6S/c1-21-10-6-8-11(9-7-10)23(19,20)16-13-5-3-4-12(14(13)17)15(18)22-2/h3-9,16-17H,1-2H3. The summed E-state index contributed by atoms with van der Waals surface area (Å²) >= 11 is 0. The van der Waals surface area contributed by atoms with Crippen molar-refractivity contribution in [1.82, 2.24) is 0 Å². The number of carbonyl (C=O) groups excluding carboxylic acids is 1. The van der Waals surface area contributed by atoms with Crippen molar-refractivity contribution < 1.29 is 27.8 Å². The number of sulfonamides is 1. The number of esters is 1. The van der Waals surface area contributed by atoms with E-state index in [1.54, 1.807) is 0 Å². The van der Waals surface area contributed by atoms with Gasteiger partial charge in [0, 0.05) is 0 Å². The predicted molar refractivity (Wildman–Crippen MR) is 83.2 cm³/mol. The number of methoxy groups -OCH3 is 2. The third-order valence-electron chi connectivity index (χ3n) is 3.06. The van der Waals surface area contributed by atoms with Gasteiger partial charge in [-0.25, -0.2) is 13.2 Å². The largest absolute Gasteiger partial charge is 0.505 e. The van der Waals surface area contributed by atoms with Crippen LogP contribution in [0, 0.1) is 0 Å². The first-order valence-electron chi connectivity index (χ1n) is 6.46. The minimum atomic E-state index is -3.93. The molecule has 23 heavy (non-hydrogen) atoms. The number of aromatic hydroxyl groups is 1. The molecule has 0 bridgehead atoms. The Balaban J connectivity index is 2.35. The van der Waals surface area contributed by atoms with Crippen molar-refractivity contribution in [2.75, 3.05) is 18.9 Å². The van der Waals surface area contributed by atoms with Crippen LogP contribution in [-0.2, 0) is 14.8 Å². The van der Waals surface area contributed by atoms with Gasteiger partial charge >= 0.3 is 5.97 Å². The quantitative estimate of drug-likeness (QED) is 0.639. The van der Waals surface area contributed by atoms with Gasteiger partial charge in [0.05, 0.1) is 24.8 Å². The summed E-state index contributed by atoms with van der Waals surface area (Å²) in [4.78, 5) is 11.5. The van der Waals surface area contributed by atoms with E-state index in [1.165, 1.54) is 49.6 Å². The molecule has 0 saturated heterocycles. The molecule has 0 aliphatic heterocycles. The van der Waals surface area contributed by atoms with Crippen molar-refractivity contribution in [2.24, 2.45) is 0 Å². The zero-order valence-corrected chi connectivity index (χ0v) is 13.3. The molecule has 122 valence electrons. The van der Waals surface area contributed by atoms with Crippen molar-refractivity contribution >= 4 is 21.7 Å². The monoisotopic (exact) mass is 337 g/mol. The summed E-state index contributed by atoms with van der Waals surface area (Å²) in [5, 5.41) is 10.0. The minimum Gasteiger partial charge on any atom is -0.505 e. The molecule has 0 radical (unpaired) electrons. The number of ether oxygens (including phenoxy) is 2. The molecule has 0 saturated carbocycles. The Bertz CT molecular complexity index is 814. The number of para-hydroxylation sites is 1. The average Bonchev–Trinajstić information content (AvgIpc) is 2.56. The van der Waals surface area contributed by atoms with Gasteiger partial charge in [-0.1, -0.05) is 6.07 Å². The molecule has 0 spiro atoms. The predicted octanol–water partition coefficient (Wildman–Crippen LogP) is 1.99. The van der Waals surface area contributed by atoms with Crippen LogP contribution in [0.3, 0.4) is 0 Å². The Labute approximate surface area is 133 Å². The number of nitrogens with one attached hydrogen (secondary N) is 1. The summed E-state index contributed by atoms with van der Waals surface area (Å²) in [6.07, 6.45) is 0. The van der Waals surface area contributed by atoms with Crippen LogP contribution in [0.5, 0.6) is 11.5 Å². The van der Waals surface area contributed by atoms with Crippen LogP contribution in [0.25, 0.3) is 0 Å². The third kappa shape index (κ3) is 3.54. The third-order valence-corrected chi connectivity index (χ3v) is 4.44. The number of rotatable bonds is 5. The number of hydrogen-bond donors (Lipinski definition) is 2. The van der Waals surface area contributed by atoms with Crippen LogP contribution < -0.4 is 9.46 Å². The summed E-state index contributed by atoms with van der Waals surface area (Å²) < 4.78 is 36.4. The number of benzene rings is 2. The SMILES string of the molecule is COC(=O)c1cccc(NS(=O)(=O)c2ccc(OC)cc2)c1O. The smallest absolute Gasteiger partial charge is 0.341 e. The highest BCUT2D eigenvalue weighted by atomic mass is 32.2. The Morgan fingerprint density at radius 2 is 1.74 bits per heavy atom. The van der Waals surface area contributed by atoms with E-state index in [9.17, 15) is 18.3 Å². The fraction of sp³-hybridized carbons (Fsp3) is 0.133. The molecule has 2 N–H and O–H groups in total. The molecule has 7 nitrogen and oxygen atoms in total. The molecule has 2 rings (SSSR count). The molecule has 8 heteroatoms. The van der Waals surface area contributed by atoms with E-state index in [4.69, 9.17) is 4.74 Å². The molecule has 0 aliphatic carbocycles. The van der Waals surface area contributed by atoms with Gasteiger partial charge in [0.2, 0.25) is 0 Å². The van der Waals surface area contributed by atoms with E-state index in [2.05, 4.69) is 9.46 Å². The van der Waals surface area contributed by atoms with Crippen LogP contribution in [-0.4, -0.2) is 33.7 Å². The summed E-state index contributed by atoms with van der Waals surface area (Å²) in [6.45, 7) is 0. The molecule has 0 heterocycles. The van der Waals surface area contributed by atoms with Crippen LogP contribution in [0.1, 0.15) is 10.4 Å². The highest BCUT2D eigenvalue weighted by molar-refractivity contribution is 7.92. The zero-order valence-electron chi connectivity index (χ0n) is 12.4. The van der Waals surface area contributed by atoms with E-state index in [-0.39, 0.29) is 16.1 Å². The lowest BCUT2D eigenvalue weighted by molar-refractivity contribution is 0.0597. The Morgan fingerprint density at radius 3 is 2.30 bits per heavy atom. The van der Waals surface area contributed by atoms with E-state index in [0.717, 1.165) is 7.11 Å². The lowest BCUT2D eigenvalue weighted by Gasteiger charge is -2.12. The molecule has 2 aromatic rings. The second-order valence-electron chi connectivity index (χ2n) is 4.47. The molecule has 2 aromatic carbocycles. The minimum absolute atomic E-state index is 0.0128. The molecule has 0 aromatic heterocycles. The Hall–Kier alpha value is -2.74. The highest BCUT2D eigenvalue weighted by Crippen LogP contribution is 2.30. The fourth-order valence-electron chi connectivity index (χ4n) is 1.86. The zero-order chi connectivity index (χ0) is 17.0. The normalized spacial score (nSPS) is 10.9. The van der Waals surface area contributed by atoms with Gasteiger partial charge in [-0.15, -0.1) is 0 Å². The van der Waals surface area contributed by atoms with Crippen LogP contribution in [0.2, 0.25) is 0 Å². The van der Waals surface area contributed by atoms with Crippen LogP contribution in [0.15, 0.2) is 47.4 Å². The van der Waals surface area contributed by atoms with Gasteiger partial charge in [0.1, 0.15) is 11.3 Å². The van der Waals surface area contributed by atoms with E-state index in [1.807, 2.05) is 0 Å². The van der Waals surface area contributed by atoms with Gasteiger partial charge < -0.3 is 14.6 Å². The molecule has 0 unspecified atom stereocenters. The number of hydrogen-bond acceptors (Lipinski definition) is 6. The van der Waals surface area contributed by atoms with E-state index >= 15 is 0 Å². The summed E-state index contributed by atoms with van der Waals surface area (Å²) in [5.74, 6) is -0.760. The molecular formula is C15H15NO6S. The first-order chi connectivity index (χ1) is 10.9. The Morgan fingerprint density at radius 1 is 1.09 bits per heavy atom. The lowest BCUT2D eigenvalue weighted by Crippen LogP contribution is -2.14. The maximum absolute atomic E-state index is 12.3. The second kappa shape index (κ2) is 6.57. The van der Waals surface area contributed by atoms with Crippen molar-refractivity contribution in [1.29, 1.82) is 0 Å². The number of phenols is 1. The van der Waals surface area contributed by atoms with Crippen molar-refractivity contribution in [2.45, 2.75) is 4.90 Å². The van der Waals surface area contributed by atoms with Gasteiger partial charge in [0.25, 0.3) is 10.0 Å². The maximum Gasteiger partial charge on any atom is 0.341 e. The van der Waals surface area contributed by atoms with Crippen molar-refractivity contribution in [3.63, 3.8) is 0 Å². The number of anilines is 1. The van der Waals surface area contributed by atoms with Gasteiger partial charge in [0.15, 0.2) is 5.75 Å². The van der Waals surface area contributed by atoms with Gasteiger partial charge in [-0.2, -0.15) is 0 Å². The average molecular weight is 337 g/mol. The van der Waals surface area contributed by atoms with Crippen molar-refractivity contribution in [3.8, 4) is 11.5 Å². The molecule has 0 amide bonds. The maximum atomic E-state index is 12.3. The molecule has 0 atom stereocenters. The first kappa shape index (κ1) is 16.6. The van der Waals surface area contributed by atoms with Crippen molar-refractivity contribution in [3.05, 3.63) is 48.0 Å². The number of phenolic OH excluding ortho intramolecular Hbond substituents is 1. The first-order valence-corrected chi connectivity index (χ1v) is 7.94. The topological polar surface area (TPSA) is 102 Å². The Kier molecular flexibility index (Phi) is 4.75. The van der Waals surface area contributed by atoms with Gasteiger partial charge in [-0.3, -0.25) is 4.72 Å². The lowest BCUT2D eigenvalue weighted by atomic mass is 10.2. The number of carbonyl (C=O) groups is 1. The summed E-state index contributed by atoms with van der Waals surface area (Å²) in [6, 6.07) is 9.82. The van der Waals surface area contributed by atoms with E-state index < -0.39 is 21.7 Å². The van der Waals surface area contributed by atoms with E-state index in [0.29, 0.717) is 5.75 Å².